The van der Waals surface area contributed by atoms with Gasteiger partial charge in [-0.25, -0.2) is 4.39 Å². The van der Waals surface area contributed by atoms with E-state index in [1.807, 2.05) is 24.3 Å². The van der Waals surface area contributed by atoms with Crippen molar-refractivity contribution in [2.75, 3.05) is 20.2 Å². The molecule has 0 spiro atoms. The molecule has 0 bridgehead atoms. The summed E-state index contributed by atoms with van der Waals surface area (Å²) in [6.07, 6.45) is -0.283. The monoisotopic (exact) mass is 367 g/mol. The Kier molecular flexibility index (Phi) is 4.54. The van der Waals surface area contributed by atoms with Gasteiger partial charge in [0, 0.05) is 7.05 Å². The summed E-state index contributed by atoms with van der Waals surface area (Å²) in [6.45, 7) is 0.691. The number of para-hydroxylation sites is 2. The van der Waals surface area contributed by atoms with E-state index in [-0.39, 0.29) is 17.8 Å². The van der Waals surface area contributed by atoms with Crippen LogP contribution in [0.3, 0.4) is 0 Å². The van der Waals surface area contributed by atoms with E-state index in [2.05, 4.69) is 0 Å². The number of nitrogens with zero attached hydrogens (tertiary/aromatic N) is 1. The fourth-order valence-electron chi connectivity index (χ4n) is 2.99. The number of carbonyl (C=O) groups excluding carboxylic acids is 1. The van der Waals surface area contributed by atoms with Gasteiger partial charge in [0.2, 0.25) is 0 Å². The maximum atomic E-state index is 13.9. The van der Waals surface area contributed by atoms with E-state index in [1.165, 1.54) is 11.0 Å². The zero-order chi connectivity index (χ0) is 18.8. The van der Waals surface area contributed by atoms with Crippen LogP contribution in [-0.4, -0.2) is 37.1 Å². The molecule has 2 aromatic carbocycles. The second-order valence-electron chi connectivity index (χ2n) is 6.33. The summed E-state index contributed by atoms with van der Waals surface area (Å²) in [4.78, 5) is 14.1. The number of amides is 1. The Morgan fingerprint density at radius 3 is 2.63 bits per heavy atom. The number of furan rings is 1. The van der Waals surface area contributed by atoms with Crippen molar-refractivity contribution >= 4 is 5.91 Å². The average molecular weight is 367 g/mol. The standard InChI is InChI=1S/C21H18FNO4/c1-23(12-14-13-25-18-8-4-5-9-19(18)26-14)21(24)20-11-10-17(27-20)15-6-2-3-7-16(15)22/h2-11,14H,12-13H2,1H3. The second kappa shape index (κ2) is 7.15. The summed E-state index contributed by atoms with van der Waals surface area (Å²) >= 11 is 0. The molecule has 1 aromatic heterocycles. The maximum Gasteiger partial charge on any atom is 0.289 e. The largest absolute Gasteiger partial charge is 0.486 e. The normalized spacial score (nSPS) is 15.4. The van der Waals surface area contributed by atoms with Crippen LogP contribution < -0.4 is 9.47 Å². The minimum Gasteiger partial charge on any atom is -0.486 e. The van der Waals surface area contributed by atoms with Crippen LogP contribution in [0, 0.1) is 5.82 Å². The zero-order valence-electron chi connectivity index (χ0n) is 14.7. The van der Waals surface area contributed by atoms with Gasteiger partial charge in [0.1, 0.15) is 18.2 Å². The molecule has 4 rings (SSSR count). The number of hydrogen-bond acceptors (Lipinski definition) is 4. The molecule has 0 saturated heterocycles. The van der Waals surface area contributed by atoms with E-state index < -0.39 is 5.82 Å². The lowest BCUT2D eigenvalue weighted by Crippen LogP contribution is -2.41. The van der Waals surface area contributed by atoms with Crippen molar-refractivity contribution in [2.24, 2.45) is 0 Å². The molecule has 6 heteroatoms. The van der Waals surface area contributed by atoms with Crippen LogP contribution in [0.25, 0.3) is 11.3 Å². The molecule has 0 saturated carbocycles. The molecule has 1 amide bonds. The van der Waals surface area contributed by atoms with E-state index in [9.17, 15) is 9.18 Å². The Labute approximate surface area is 155 Å². The molecule has 1 atom stereocenters. The van der Waals surface area contributed by atoms with E-state index in [0.717, 1.165) is 0 Å². The predicted molar refractivity (Wildman–Crippen MR) is 97.4 cm³/mol. The lowest BCUT2D eigenvalue weighted by atomic mass is 10.1. The van der Waals surface area contributed by atoms with Crippen molar-refractivity contribution in [1.82, 2.24) is 4.90 Å². The number of hydrogen-bond donors (Lipinski definition) is 0. The van der Waals surface area contributed by atoms with Crippen molar-refractivity contribution in [2.45, 2.75) is 6.10 Å². The average Bonchev–Trinajstić information content (AvgIpc) is 3.17. The predicted octanol–water partition coefficient (Wildman–Crippen LogP) is 4.00. The third kappa shape index (κ3) is 3.51. The number of carbonyl (C=O) groups is 1. The van der Waals surface area contributed by atoms with E-state index in [4.69, 9.17) is 13.9 Å². The van der Waals surface area contributed by atoms with E-state index >= 15 is 0 Å². The SMILES string of the molecule is CN(CC1COc2ccccc2O1)C(=O)c1ccc(-c2ccccc2F)o1. The maximum absolute atomic E-state index is 13.9. The van der Waals surface area contributed by atoms with Gasteiger partial charge in [-0.15, -0.1) is 0 Å². The Bertz CT molecular complexity index is 968. The van der Waals surface area contributed by atoms with Gasteiger partial charge >= 0.3 is 0 Å². The topological polar surface area (TPSA) is 51.9 Å². The molecule has 0 fully saturated rings. The number of fused-ring (bicyclic) bond motifs is 1. The second-order valence-corrected chi connectivity index (χ2v) is 6.33. The highest BCUT2D eigenvalue weighted by Gasteiger charge is 2.25. The molecule has 1 aliphatic rings. The minimum absolute atomic E-state index is 0.146. The first kappa shape index (κ1) is 17.1. The summed E-state index contributed by atoms with van der Waals surface area (Å²) in [5.74, 6) is 1.12. The zero-order valence-corrected chi connectivity index (χ0v) is 14.7. The minimum atomic E-state index is -0.398. The summed E-state index contributed by atoms with van der Waals surface area (Å²) in [6, 6.07) is 16.8. The Morgan fingerprint density at radius 1 is 1.07 bits per heavy atom. The van der Waals surface area contributed by atoms with Crippen molar-refractivity contribution in [3.63, 3.8) is 0 Å². The highest BCUT2D eigenvalue weighted by Crippen LogP contribution is 2.31. The Morgan fingerprint density at radius 2 is 1.81 bits per heavy atom. The molecule has 3 aromatic rings. The number of likely N-dealkylation sites (N-methyl/N-ethyl adjacent to an activating group) is 1. The first-order chi connectivity index (χ1) is 13.1. The molecular formula is C21H18FNO4. The summed E-state index contributed by atoms with van der Waals surface area (Å²) in [5.41, 5.74) is 0.319. The van der Waals surface area contributed by atoms with Gasteiger partial charge in [0.15, 0.2) is 23.4 Å². The highest BCUT2D eigenvalue weighted by molar-refractivity contribution is 5.92. The van der Waals surface area contributed by atoms with Crippen LogP contribution in [0.5, 0.6) is 11.5 Å². The molecule has 0 N–H and O–H groups in total. The van der Waals surface area contributed by atoms with Crippen LogP contribution in [0.2, 0.25) is 0 Å². The third-order valence-corrected chi connectivity index (χ3v) is 4.35. The van der Waals surface area contributed by atoms with Crippen LogP contribution in [0.4, 0.5) is 4.39 Å². The molecule has 1 aliphatic heterocycles. The molecule has 0 aliphatic carbocycles. The quantitative estimate of drug-likeness (QED) is 0.699. The molecule has 5 nitrogen and oxygen atoms in total. The van der Waals surface area contributed by atoms with E-state index in [1.54, 1.807) is 37.4 Å². The smallest absolute Gasteiger partial charge is 0.289 e. The molecule has 27 heavy (non-hydrogen) atoms. The first-order valence-corrected chi connectivity index (χ1v) is 8.60. The fraction of sp³-hybridized carbons (Fsp3) is 0.190. The number of ether oxygens (including phenoxy) is 2. The van der Waals surface area contributed by atoms with Crippen LogP contribution >= 0.6 is 0 Å². The van der Waals surface area contributed by atoms with Crippen molar-refractivity contribution in [3.05, 3.63) is 72.2 Å². The highest BCUT2D eigenvalue weighted by atomic mass is 19.1. The Balaban J connectivity index is 1.44. The lowest BCUT2D eigenvalue weighted by molar-refractivity contribution is 0.0502. The first-order valence-electron chi connectivity index (χ1n) is 8.60. The van der Waals surface area contributed by atoms with E-state index in [0.29, 0.717) is 36.0 Å². The molecule has 2 heterocycles. The van der Waals surface area contributed by atoms with Crippen molar-refractivity contribution in [1.29, 1.82) is 0 Å². The van der Waals surface area contributed by atoms with Gasteiger partial charge < -0.3 is 18.8 Å². The van der Waals surface area contributed by atoms with Crippen LogP contribution in [0.1, 0.15) is 10.6 Å². The summed E-state index contributed by atoms with van der Waals surface area (Å²) < 4.78 is 31.0. The molecule has 1 unspecified atom stereocenters. The van der Waals surface area contributed by atoms with Crippen molar-refractivity contribution in [3.8, 4) is 22.8 Å². The van der Waals surface area contributed by atoms with Gasteiger partial charge in [-0.2, -0.15) is 0 Å². The number of halogens is 1. The molecule has 0 radical (unpaired) electrons. The third-order valence-electron chi connectivity index (χ3n) is 4.35. The van der Waals surface area contributed by atoms with Gasteiger partial charge in [-0.05, 0) is 36.4 Å². The van der Waals surface area contributed by atoms with Crippen LogP contribution in [-0.2, 0) is 0 Å². The fourth-order valence-corrected chi connectivity index (χ4v) is 2.99. The summed E-state index contributed by atoms with van der Waals surface area (Å²) in [7, 11) is 1.66. The number of rotatable bonds is 4. The molecular weight excluding hydrogens is 349 g/mol. The van der Waals surface area contributed by atoms with Gasteiger partial charge in [0.05, 0.1) is 12.1 Å². The van der Waals surface area contributed by atoms with Crippen LogP contribution in [0.15, 0.2) is 65.1 Å². The lowest BCUT2D eigenvalue weighted by Gasteiger charge is -2.29. The molecule has 138 valence electrons. The van der Waals surface area contributed by atoms with Gasteiger partial charge in [-0.3, -0.25) is 4.79 Å². The van der Waals surface area contributed by atoms with Gasteiger partial charge in [0.25, 0.3) is 5.91 Å². The van der Waals surface area contributed by atoms with Crippen molar-refractivity contribution < 1.29 is 23.1 Å². The Hall–Kier alpha value is -3.28. The summed E-state index contributed by atoms with van der Waals surface area (Å²) in [5, 5.41) is 0. The van der Waals surface area contributed by atoms with Gasteiger partial charge in [-0.1, -0.05) is 24.3 Å². The number of benzene rings is 2.